The van der Waals surface area contributed by atoms with Crippen molar-refractivity contribution in [1.82, 2.24) is 9.80 Å². The molecule has 0 aromatic heterocycles. The number of carbonyl (C=O) groups is 2. The summed E-state index contributed by atoms with van der Waals surface area (Å²) in [6.45, 7) is 5.01. The first-order valence-electron chi connectivity index (χ1n) is 11.8. The van der Waals surface area contributed by atoms with Gasteiger partial charge in [-0.25, -0.2) is 8.42 Å². The van der Waals surface area contributed by atoms with Crippen molar-refractivity contribution in [1.29, 1.82) is 0 Å². The predicted molar refractivity (Wildman–Crippen MR) is 130 cm³/mol. The van der Waals surface area contributed by atoms with Crippen LogP contribution in [-0.4, -0.2) is 82.3 Å². The van der Waals surface area contributed by atoms with Crippen LogP contribution in [0, 0.1) is 11.8 Å². The first-order chi connectivity index (χ1) is 16.0. The highest BCUT2D eigenvalue weighted by molar-refractivity contribution is 7.92. The number of likely N-dealkylation sites (N-methyl/N-ethyl adjacent to an activating group) is 1. The summed E-state index contributed by atoms with van der Waals surface area (Å²) < 4.78 is 37.6. The van der Waals surface area contributed by atoms with Crippen LogP contribution in [0.25, 0.3) is 0 Å². The van der Waals surface area contributed by atoms with Gasteiger partial charge in [0.25, 0.3) is 5.91 Å². The molecule has 0 bridgehead atoms. The van der Waals surface area contributed by atoms with Crippen molar-refractivity contribution < 1.29 is 27.5 Å². The fourth-order valence-electron chi connectivity index (χ4n) is 4.76. The molecule has 1 aliphatic carbocycles. The van der Waals surface area contributed by atoms with Crippen molar-refractivity contribution >= 4 is 27.5 Å². The molecule has 34 heavy (non-hydrogen) atoms. The minimum absolute atomic E-state index is 0.00767. The highest BCUT2D eigenvalue weighted by Crippen LogP contribution is 2.30. The molecule has 1 N–H and O–H groups in total. The predicted octanol–water partition coefficient (Wildman–Crippen LogP) is 2.58. The smallest absolute Gasteiger partial charge is 0.257 e. The molecule has 0 saturated heterocycles. The van der Waals surface area contributed by atoms with E-state index >= 15 is 0 Å². The lowest BCUT2D eigenvalue weighted by Gasteiger charge is -2.37. The molecule has 2 aliphatic rings. The average molecular weight is 496 g/mol. The quantitative estimate of drug-likeness (QED) is 0.688. The molecule has 1 saturated carbocycles. The topological polar surface area (TPSA) is 105 Å². The summed E-state index contributed by atoms with van der Waals surface area (Å²) in [5.74, 6) is 0.207. The van der Waals surface area contributed by atoms with Gasteiger partial charge in [-0.1, -0.05) is 19.8 Å². The van der Waals surface area contributed by atoms with E-state index in [1.165, 1.54) is 12.1 Å². The van der Waals surface area contributed by atoms with E-state index < -0.39 is 10.0 Å². The SMILES string of the molecule is CO[C@H]1CN(C)C(=O)c2ccc(NS(C)(=O)=O)cc2OC[C@@H](C)N(C(=O)C2CCCC2)C[C@@H]1C. The lowest BCUT2D eigenvalue weighted by Crippen LogP contribution is -2.50. The van der Waals surface area contributed by atoms with Gasteiger partial charge in [-0.2, -0.15) is 0 Å². The normalized spacial score (nSPS) is 25.2. The van der Waals surface area contributed by atoms with Crippen molar-refractivity contribution in [3.05, 3.63) is 23.8 Å². The second-order valence-corrected chi connectivity index (χ2v) is 11.4. The van der Waals surface area contributed by atoms with Gasteiger partial charge in [0.1, 0.15) is 12.4 Å². The molecule has 2 amide bonds. The van der Waals surface area contributed by atoms with Crippen molar-refractivity contribution in [2.24, 2.45) is 11.8 Å². The van der Waals surface area contributed by atoms with E-state index in [0.29, 0.717) is 24.3 Å². The number of fused-ring (bicyclic) bond motifs is 1. The van der Waals surface area contributed by atoms with Crippen molar-refractivity contribution in [3.8, 4) is 5.75 Å². The van der Waals surface area contributed by atoms with Crippen LogP contribution in [0.3, 0.4) is 0 Å². The van der Waals surface area contributed by atoms with Gasteiger partial charge in [-0.3, -0.25) is 14.3 Å². The third kappa shape index (κ3) is 6.41. The van der Waals surface area contributed by atoms with E-state index in [0.717, 1.165) is 31.9 Å². The fraction of sp³-hybridized carbons (Fsp3) is 0.667. The molecule has 0 unspecified atom stereocenters. The van der Waals surface area contributed by atoms with Crippen LogP contribution in [-0.2, 0) is 19.6 Å². The van der Waals surface area contributed by atoms with E-state index in [1.807, 2.05) is 18.7 Å². The second kappa shape index (κ2) is 10.9. The summed E-state index contributed by atoms with van der Waals surface area (Å²) in [5.41, 5.74) is 0.629. The minimum atomic E-state index is -3.50. The Bertz CT molecular complexity index is 992. The van der Waals surface area contributed by atoms with E-state index in [-0.39, 0.29) is 48.2 Å². The van der Waals surface area contributed by atoms with Gasteiger partial charge in [0.2, 0.25) is 15.9 Å². The zero-order chi connectivity index (χ0) is 25.0. The van der Waals surface area contributed by atoms with Crippen LogP contribution in [0.1, 0.15) is 49.9 Å². The van der Waals surface area contributed by atoms with E-state index in [9.17, 15) is 18.0 Å². The zero-order valence-electron chi connectivity index (χ0n) is 20.7. The lowest BCUT2D eigenvalue weighted by atomic mass is 9.99. The Kier molecular flexibility index (Phi) is 8.46. The molecular weight excluding hydrogens is 458 g/mol. The third-order valence-corrected chi connectivity index (χ3v) is 7.34. The zero-order valence-corrected chi connectivity index (χ0v) is 21.6. The molecule has 1 aromatic rings. The Hall–Kier alpha value is -2.33. The number of sulfonamides is 1. The number of nitrogens with zero attached hydrogens (tertiary/aromatic N) is 2. The van der Waals surface area contributed by atoms with Crippen LogP contribution in [0.4, 0.5) is 5.69 Å². The Morgan fingerprint density at radius 3 is 2.47 bits per heavy atom. The van der Waals surface area contributed by atoms with Crippen LogP contribution in [0.2, 0.25) is 0 Å². The van der Waals surface area contributed by atoms with Gasteiger partial charge in [0.15, 0.2) is 0 Å². The van der Waals surface area contributed by atoms with Crippen LogP contribution < -0.4 is 9.46 Å². The average Bonchev–Trinajstić information content (AvgIpc) is 3.31. The van der Waals surface area contributed by atoms with Crippen LogP contribution in [0.5, 0.6) is 5.75 Å². The number of carbonyl (C=O) groups excluding carboxylic acids is 2. The summed E-state index contributed by atoms with van der Waals surface area (Å²) in [4.78, 5) is 30.1. The monoisotopic (exact) mass is 495 g/mol. The molecule has 0 radical (unpaired) electrons. The fourth-order valence-corrected chi connectivity index (χ4v) is 5.32. The summed E-state index contributed by atoms with van der Waals surface area (Å²) in [7, 11) is -0.175. The number of benzene rings is 1. The highest BCUT2D eigenvalue weighted by Gasteiger charge is 2.34. The number of rotatable bonds is 4. The maximum atomic E-state index is 13.4. The molecule has 1 aromatic carbocycles. The largest absolute Gasteiger partial charge is 0.491 e. The number of hydrogen-bond donors (Lipinski definition) is 1. The molecule has 3 rings (SSSR count). The molecule has 10 heteroatoms. The molecule has 3 atom stereocenters. The Balaban J connectivity index is 1.97. The molecule has 9 nitrogen and oxygen atoms in total. The molecule has 1 fully saturated rings. The van der Waals surface area contributed by atoms with Gasteiger partial charge in [0.05, 0.1) is 29.7 Å². The first-order valence-corrected chi connectivity index (χ1v) is 13.7. The van der Waals surface area contributed by atoms with E-state index in [1.54, 1.807) is 25.1 Å². The van der Waals surface area contributed by atoms with Crippen molar-refractivity contribution in [2.45, 2.75) is 51.7 Å². The molecule has 1 aliphatic heterocycles. The van der Waals surface area contributed by atoms with Gasteiger partial charge in [0, 0.05) is 45.1 Å². The summed E-state index contributed by atoms with van der Waals surface area (Å²) >= 11 is 0. The second-order valence-electron chi connectivity index (χ2n) is 9.65. The Morgan fingerprint density at radius 2 is 1.85 bits per heavy atom. The Labute approximate surface area is 202 Å². The standard InChI is InChI=1S/C24H37N3O6S/c1-16-13-27(23(28)18-8-6-7-9-18)17(2)15-33-21-12-19(25-34(5,30)31)10-11-20(21)24(29)26(3)14-22(16)32-4/h10-12,16-18,22,25H,6-9,13-15H2,1-5H3/t16-,17+,22-/m0/s1. The van der Waals surface area contributed by atoms with E-state index in [4.69, 9.17) is 9.47 Å². The number of nitrogens with one attached hydrogen (secondary N) is 1. The number of anilines is 1. The van der Waals surface area contributed by atoms with Crippen molar-refractivity contribution in [2.75, 3.05) is 44.8 Å². The molecule has 0 spiro atoms. The number of methoxy groups -OCH3 is 1. The van der Waals surface area contributed by atoms with Gasteiger partial charge >= 0.3 is 0 Å². The summed E-state index contributed by atoms with van der Waals surface area (Å²) in [6, 6.07) is 4.38. The van der Waals surface area contributed by atoms with Gasteiger partial charge in [-0.15, -0.1) is 0 Å². The first kappa shape index (κ1) is 26.3. The number of hydrogen-bond acceptors (Lipinski definition) is 6. The summed E-state index contributed by atoms with van der Waals surface area (Å²) in [5, 5.41) is 0. The summed E-state index contributed by atoms with van der Waals surface area (Å²) in [6.07, 6.45) is 4.77. The molecule has 1 heterocycles. The molecular formula is C24H37N3O6S. The third-order valence-electron chi connectivity index (χ3n) is 6.74. The maximum Gasteiger partial charge on any atom is 0.257 e. The lowest BCUT2D eigenvalue weighted by molar-refractivity contribution is -0.139. The number of ether oxygens (including phenoxy) is 2. The van der Waals surface area contributed by atoms with Crippen LogP contribution in [0.15, 0.2) is 18.2 Å². The minimum Gasteiger partial charge on any atom is -0.491 e. The number of amides is 2. The van der Waals surface area contributed by atoms with Gasteiger partial charge in [-0.05, 0) is 31.9 Å². The maximum absolute atomic E-state index is 13.4. The van der Waals surface area contributed by atoms with Crippen LogP contribution >= 0.6 is 0 Å². The van der Waals surface area contributed by atoms with Crippen molar-refractivity contribution in [3.63, 3.8) is 0 Å². The highest BCUT2D eigenvalue weighted by atomic mass is 32.2. The Morgan fingerprint density at radius 1 is 1.18 bits per heavy atom. The van der Waals surface area contributed by atoms with Gasteiger partial charge < -0.3 is 19.3 Å². The van der Waals surface area contributed by atoms with E-state index in [2.05, 4.69) is 4.72 Å². The molecule has 190 valence electrons.